The third-order valence-corrected chi connectivity index (χ3v) is 5.61. The van der Waals surface area contributed by atoms with Crippen LogP contribution in [0.3, 0.4) is 0 Å². The van der Waals surface area contributed by atoms with Crippen LogP contribution in [0.15, 0.2) is 65.3 Å². The molecule has 0 spiro atoms. The van der Waals surface area contributed by atoms with Gasteiger partial charge in [-0.3, -0.25) is 9.80 Å². The summed E-state index contributed by atoms with van der Waals surface area (Å²) in [6, 6.07) is 19.0. The second-order valence-electron chi connectivity index (χ2n) is 7.68. The molecule has 0 atom stereocenters. The van der Waals surface area contributed by atoms with Gasteiger partial charge >= 0.3 is 0 Å². The van der Waals surface area contributed by atoms with Crippen molar-refractivity contribution in [1.29, 1.82) is 0 Å². The minimum absolute atomic E-state index is 0.655. The number of hydrogen-bond donors (Lipinski definition) is 1. The van der Waals surface area contributed by atoms with Crippen LogP contribution in [-0.4, -0.2) is 51.1 Å². The van der Waals surface area contributed by atoms with E-state index in [0.717, 1.165) is 50.6 Å². The first-order valence-electron chi connectivity index (χ1n) is 10.2. The summed E-state index contributed by atoms with van der Waals surface area (Å²) in [5, 5.41) is 5.42. The van der Waals surface area contributed by atoms with E-state index in [1.165, 1.54) is 16.5 Å². The molecule has 1 fully saturated rings. The molecule has 6 heteroatoms. The van der Waals surface area contributed by atoms with Crippen LogP contribution in [0.1, 0.15) is 22.8 Å². The summed E-state index contributed by atoms with van der Waals surface area (Å²) in [7, 11) is 0. The molecule has 148 valence electrons. The molecule has 29 heavy (non-hydrogen) atoms. The van der Waals surface area contributed by atoms with Gasteiger partial charge in [0.15, 0.2) is 5.82 Å². The van der Waals surface area contributed by atoms with Crippen LogP contribution in [0.2, 0.25) is 0 Å². The third kappa shape index (κ3) is 4.23. The fourth-order valence-corrected chi connectivity index (χ4v) is 4.01. The topological polar surface area (TPSA) is 61.2 Å². The van der Waals surface area contributed by atoms with Crippen molar-refractivity contribution in [3.63, 3.8) is 0 Å². The minimum Gasteiger partial charge on any atom is -0.361 e. The Balaban J connectivity index is 1.15. The molecular formula is C23H25N5O. The van der Waals surface area contributed by atoms with Crippen molar-refractivity contribution in [2.24, 2.45) is 0 Å². The Bertz CT molecular complexity index is 1060. The number of benzene rings is 2. The lowest BCUT2D eigenvalue weighted by Crippen LogP contribution is -2.45. The Kier molecular flexibility index (Phi) is 5.11. The molecule has 1 aliphatic rings. The number of hydrogen-bond acceptors (Lipinski definition) is 5. The molecular weight excluding hydrogens is 362 g/mol. The number of aromatic amines is 1. The van der Waals surface area contributed by atoms with Crippen LogP contribution < -0.4 is 0 Å². The molecule has 1 N–H and O–H groups in total. The SMILES string of the molecule is c1ccc(CN2CCN(Cc3noc(Cc4c[nH]c5ccccc45)n3)CC2)cc1. The molecule has 0 radical (unpaired) electrons. The van der Waals surface area contributed by atoms with E-state index in [2.05, 4.69) is 73.5 Å². The minimum atomic E-state index is 0.655. The number of rotatable bonds is 6. The van der Waals surface area contributed by atoms with Crippen LogP contribution >= 0.6 is 0 Å². The van der Waals surface area contributed by atoms with E-state index in [1.54, 1.807) is 0 Å². The van der Waals surface area contributed by atoms with Crippen molar-refractivity contribution in [2.45, 2.75) is 19.5 Å². The zero-order valence-electron chi connectivity index (χ0n) is 16.4. The van der Waals surface area contributed by atoms with E-state index in [0.29, 0.717) is 12.3 Å². The average molecular weight is 387 g/mol. The monoisotopic (exact) mass is 387 g/mol. The third-order valence-electron chi connectivity index (χ3n) is 5.61. The van der Waals surface area contributed by atoms with Crippen LogP contribution in [0.5, 0.6) is 0 Å². The summed E-state index contributed by atoms with van der Waals surface area (Å²) in [5.74, 6) is 1.45. The molecule has 0 bridgehead atoms. The Morgan fingerprint density at radius 3 is 2.41 bits per heavy atom. The van der Waals surface area contributed by atoms with Gasteiger partial charge < -0.3 is 9.51 Å². The first-order chi connectivity index (χ1) is 14.3. The number of para-hydroxylation sites is 1. The summed E-state index contributed by atoms with van der Waals surface area (Å²) in [4.78, 5) is 12.8. The molecule has 3 heterocycles. The van der Waals surface area contributed by atoms with Gasteiger partial charge in [0.05, 0.1) is 13.0 Å². The quantitative estimate of drug-likeness (QED) is 0.549. The smallest absolute Gasteiger partial charge is 0.231 e. The standard InChI is InChI=1S/C23H25N5O/c1-2-6-18(7-3-1)16-27-10-12-28(13-11-27)17-22-25-23(29-26-22)14-19-15-24-21-9-5-4-8-20(19)21/h1-9,15,24H,10-14,16-17H2. The fourth-order valence-electron chi connectivity index (χ4n) is 4.01. The second-order valence-corrected chi connectivity index (χ2v) is 7.68. The Hall–Kier alpha value is -2.96. The summed E-state index contributed by atoms with van der Waals surface area (Å²) in [6.07, 6.45) is 2.68. The lowest BCUT2D eigenvalue weighted by molar-refractivity contribution is 0.119. The molecule has 1 aliphatic heterocycles. The Morgan fingerprint density at radius 2 is 1.59 bits per heavy atom. The number of aromatic nitrogens is 3. The van der Waals surface area contributed by atoms with Gasteiger partial charge in [-0.2, -0.15) is 4.98 Å². The van der Waals surface area contributed by atoms with Gasteiger partial charge in [0.2, 0.25) is 5.89 Å². The van der Waals surface area contributed by atoms with Crippen LogP contribution in [-0.2, 0) is 19.5 Å². The highest BCUT2D eigenvalue weighted by Gasteiger charge is 2.19. The van der Waals surface area contributed by atoms with E-state index in [9.17, 15) is 0 Å². The number of H-pyrrole nitrogens is 1. The van der Waals surface area contributed by atoms with Gasteiger partial charge in [-0.15, -0.1) is 0 Å². The molecule has 2 aromatic heterocycles. The van der Waals surface area contributed by atoms with E-state index in [1.807, 2.05) is 12.3 Å². The molecule has 5 rings (SSSR count). The Labute approximate surface area is 170 Å². The molecule has 4 aromatic rings. The predicted molar refractivity (Wildman–Crippen MR) is 112 cm³/mol. The van der Waals surface area contributed by atoms with Crippen molar-refractivity contribution < 1.29 is 4.52 Å². The average Bonchev–Trinajstić information content (AvgIpc) is 3.38. The van der Waals surface area contributed by atoms with Crippen molar-refractivity contribution in [2.75, 3.05) is 26.2 Å². The first kappa shape index (κ1) is 18.1. The predicted octanol–water partition coefficient (Wildman–Crippen LogP) is 3.46. The molecule has 0 unspecified atom stereocenters. The lowest BCUT2D eigenvalue weighted by Gasteiger charge is -2.34. The van der Waals surface area contributed by atoms with Crippen LogP contribution in [0.4, 0.5) is 0 Å². The Morgan fingerprint density at radius 1 is 0.862 bits per heavy atom. The largest absolute Gasteiger partial charge is 0.361 e. The van der Waals surface area contributed by atoms with Crippen molar-refractivity contribution in [3.05, 3.63) is 83.6 Å². The lowest BCUT2D eigenvalue weighted by atomic mass is 10.1. The number of fused-ring (bicyclic) bond motifs is 1. The number of nitrogens with zero attached hydrogens (tertiary/aromatic N) is 4. The maximum absolute atomic E-state index is 5.52. The summed E-state index contributed by atoms with van der Waals surface area (Å²) in [5.41, 5.74) is 3.70. The van der Waals surface area contributed by atoms with Gasteiger partial charge in [0.25, 0.3) is 0 Å². The van der Waals surface area contributed by atoms with E-state index in [-0.39, 0.29) is 0 Å². The maximum Gasteiger partial charge on any atom is 0.231 e. The summed E-state index contributed by atoms with van der Waals surface area (Å²) >= 11 is 0. The van der Waals surface area contributed by atoms with Gasteiger partial charge in [-0.05, 0) is 17.2 Å². The fraction of sp³-hybridized carbons (Fsp3) is 0.304. The highest BCUT2D eigenvalue weighted by atomic mass is 16.5. The van der Waals surface area contributed by atoms with Crippen LogP contribution in [0.25, 0.3) is 10.9 Å². The summed E-state index contributed by atoms with van der Waals surface area (Å²) < 4.78 is 5.52. The summed E-state index contributed by atoms with van der Waals surface area (Å²) in [6.45, 7) is 5.95. The van der Waals surface area contributed by atoms with Crippen molar-refractivity contribution in [1.82, 2.24) is 24.9 Å². The van der Waals surface area contributed by atoms with E-state index >= 15 is 0 Å². The van der Waals surface area contributed by atoms with Crippen molar-refractivity contribution in [3.8, 4) is 0 Å². The zero-order chi connectivity index (χ0) is 19.5. The van der Waals surface area contributed by atoms with E-state index < -0.39 is 0 Å². The molecule has 0 aliphatic carbocycles. The molecule has 1 saturated heterocycles. The van der Waals surface area contributed by atoms with Gasteiger partial charge in [-0.25, -0.2) is 0 Å². The van der Waals surface area contributed by atoms with E-state index in [4.69, 9.17) is 4.52 Å². The normalized spacial score (nSPS) is 15.9. The maximum atomic E-state index is 5.52. The first-order valence-corrected chi connectivity index (χ1v) is 10.2. The molecule has 6 nitrogen and oxygen atoms in total. The van der Waals surface area contributed by atoms with Gasteiger partial charge in [0, 0.05) is 49.8 Å². The van der Waals surface area contributed by atoms with Crippen LogP contribution in [0, 0.1) is 0 Å². The zero-order valence-corrected chi connectivity index (χ0v) is 16.4. The van der Waals surface area contributed by atoms with Gasteiger partial charge in [-0.1, -0.05) is 53.7 Å². The van der Waals surface area contributed by atoms with Gasteiger partial charge in [0.1, 0.15) is 0 Å². The number of piperazine rings is 1. The number of nitrogens with one attached hydrogen (secondary N) is 1. The highest BCUT2D eigenvalue weighted by Crippen LogP contribution is 2.20. The molecule has 0 amide bonds. The molecule has 2 aromatic carbocycles. The van der Waals surface area contributed by atoms with Crippen molar-refractivity contribution >= 4 is 10.9 Å². The second kappa shape index (κ2) is 8.19. The molecule has 0 saturated carbocycles. The highest BCUT2D eigenvalue weighted by molar-refractivity contribution is 5.83.